The van der Waals surface area contributed by atoms with Crippen LogP contribution in [0, 0.1) is 0 Å². The van der Waals surface area contributed by atoms with Crippen LogP contribution < -0.4 is 10.6 Å². The summed E-state index contributed by atoms with van der Waals surface area (Å²) in [7, 11) is 1.99. The third-order valence-electron chi connectivity index (χ3n) is 3.08. The van der Waals surface area contributed by atoms with Crippen LogP contribution >= 0.6 is 0 Å². The summed E-state index contributed by atoms with van der Waals surface area (Å²) >= 11 is 0. The molecule has 98 valence electrons. The van der Waals surface area contributed by atoms with E-state index in [1.807, 2.05) is 11.7 Å². The van der Waals surface area contributed by atoms with Gasteiger partial charge < -0.3 is 10.6 Å². The maximum atomic E-state index is 6.21. The van der Waals surface area contributed by atoms with E-state index in [2.05, 4.69) is 30.8 Å². The first kappa shape index (κ1) is 13.9. The van der Waals surface area contributed by atoms with Crippen molar-refractivity contribution in [2.75, 3.05) is 23.7 Å². The van der Waals surface area contributed by atoms with E-state index < -0.39 is 0 Å². The highest BCUT2D eigenvalue weighted by molar-refractivity contribution is 5.66. The van der Waals surface area contributed by atoms with Crippen molar-refractivity contribution in [3.63, 3.8) is 0 Å². The zero-order chi connectivity index (χ0) is 12.8. The van der Waals surface area contributed by atoms with Crippen molar-refractivity contribution in [1.82, 2.24) is 9.78 Å². The molecule has 0 atom stereocenters. The Morgan fingerprint density at radius 1 is 1.24 bits per heavy atom. The lowest BCUT2D eigenvalue weighted by Crippen LogP contribution is -2.26. The van der Waals surface area contributed by atoms with Crippen LogP contribution in [0.2, 0.25) is 0 Å². The second kappa shape index (κ2) is 6.52. The molecule has 0 aliphatic carbocycles. The number of unbranched alkanes of at least 4 members (excludes halogenated alkanes) is 1. The molecular weight excluding hydrogens is 212 g/mol. The maximum absolute atomic E-state index is 6.21. The molecular formula is C13H26N4. The summed E-state index contributed by atoms with van der Waals surface area (Å²) in [5.41, 5.74) is 8.12. The van der Waals surface area contributed by atoms with Crippen LogP contribution in [0.4, 0.5) is 11.5 Å². The van der Waals surface area contributed by atoms with Crippen LogP contribution in [0.3, 0.4) is 0 Å². The van der Waals surface area contributed by atoms with Crippen LogP contribution in [0.1, 0.15) is 45.7 Å². The number of rotatable bonds is 7. The number of aryl methyl sites for hydroxylation is 2. The average Bonchev–Trinajstić information content (AvgIpc) is 2.58. The Morgan fingerprint density at radius 2 is 1.94 bits per heavy atom. The van der Waals surface area contributed by atoms with Gasteiger partial charge >= 0.3 is 0 Å². The molecule has 0 aliphatic heterocycles. The Bertz CT molecular complexity index is 343. The largest absolute Gasteiger partial charge is 0.394 e. The average molecular weight is 238 g/mol. The van der Waals surface area contributed by atoms with Gasteiger partial charge in [0.15, 0.2) is 0 Å². The van der Waals surface area contributed by atoms with Crippen LogP contribution in [0.5, 0.6) is 0 Å². The Kier molecular flexibility index (Phi) is 5.32. The molecule has 1 heterocycles. The molecule has 0 fully saturated rings. The minimum Gasteiger partial charge on any atom is -0.394 e. The van der Waals surface area contributed by atoms with Crippen molar-refractivity contribution in [3.8, 4) is 0 Å². The minimum absolute atomic E-state index is 0.868. The van der Waals surface area contributed by atoms with Crippen molar-refractivity contribution >= 4 is 11.5 Å². The highest BCUT2D eigenvalue weighted by Crippen LogP contribution is 2.27. The van der Waals surface area contributed by atoms with Gasteiger partial charge in [0, 0.05) is 20.1 Å². The third kappa shape index (κ3) is 3.14. The molecule has 0 amide bonds. The molecule has 0 unspecified atom stereocenters. The predicted molar refractivity (Wildman–Crippen MR) is 74.4 cm³/mol. The summed E-state index contributed by atoms with van der Waals surface area (Å²) < 4.78 is 1.93. The monoisotopic (exact) mass is 238 g/mol. The number of anilines is 2. The first-order valence-corrected chi connectivity index (χ1v) is 6.71. The van der Waals surface area contributed by atoms with Gasteiger partial charge in [-0.05, 0) is 19.8 Å². The van der Waals surface area contributed by atoms with E-state index in [0.29, 0.717) is 0 Å². The van der Waals surface area contributed by atoms with Crippen molar-refractivity contribution < 1.29 is 0 Å². The van der Waals surface area contributed by atoms with Gasteiger partial charge in [0.1, 0.15) is 5.82 Å². The summed E-state index contributed by atoms with van der Waals surface area (Å²) in [6.07, 6.45) is 4.45. The molecule has 0 aliphatic rings. The molecule has 0 saturated carbocycles. The van der Waals surface area contributed by atoms with Crippen molar-refractivity contribution in [2.45, 2.75) is 46.5 Å². The lowest BCUT2D eigenvalue weighted by atomic mass is 10.2. The fourth-order valence-electron chi connectivity index (χ4n) is 2.14. The van der Waals surface area contributed by atoms with Crippen LogP contribution in [0.25, 0.3) is 0 Å². The van der Waals surface area contributed by atoms with Gasteiger partial charge in [0.05, 0.1) is 11.4 Å². The molecule has 1 aromatic rings. The molecule has 1 rings (SSSR count). The summed E-state index contributed by atoms with van der Waals surface area (Å²) in [5.74, 6) is 1.09. The fraction of sp³-hybridized carbons (Fsp3) is 0.769. The predicted octanol–water partition coefficient (Wildman–Crippen LogP) is 2.58. The lowest BCUT2D eigenvalue weighted by molar-refractivity contribution is 0.673. The zero-order valence-electron chi connectivity index (χ0n) is 11.7. The topological polar surface area (TPSA) is 47.1 Å². The smallest absolute Gasteiger partial charge is 0.150 e. The number of nitrogens with two attached hydrogens (primary N) is 1. The summed E-state index contributed by atoms with van der Waals surface area (Å²) in [4.78, 5) is 2.32. The van der Waals surface area contributed by atoms with Gasteiger partial charge in [-0.1, -0.05) is 26.7 Å². The highest BCUT2D eigenvalue weighted by atomic mass is 15.4. The second-order valence-corrected chi connectivity index (χ2v) is 4.49. The van der Waals surface area contributed by atoms with Crippen LogP contribution in [-0.4, -0.2) is 22.9 Å². The Labute approximate surface area is 105 Å². The normalized spacial score (nSPS) is 10.8. The van der Waals surface area contributed by atoms with E-state index in [1.165, 1.54) is 12.8 Å². The standard InChI is InChI=1S/C13H26N4/c1-5-8-10-17(7-3)13-12(14)11(9-6-2)15-16(13)4/h5-10,14H2,1-4H3. The van der Waals surface area contributed by atoms with E-state index in [0.717, 1.165) is 43.1 Å². The first-order valence-electron chi connectivity index (χ1n) is 6.71. The number of hydrogen-bond donors (Lipinski definition) is 1. The fourth-order valence-corrected chi connectivity index (χ4v) is 2.14. The van der Waals surface area contributed by atoms with E-state index in [4.69, 9.17) is 5.73 Å². The van der Waals surface area contributed by atoms with E-state index in [9.17, 15) is 0 Å². The van der Waals surface area contributed by atoms with Gasteiger partial charge in [-0.15, -0.1) is 0 Å². The molecule has 0 radical (unpaired) electrons. The third-order valence-corrected chi connectivity index (χ3v) is 3.08. The van der Waals surface area contributed by atoms with Crippen molar-refractivity contribution in [3.05, 3.63) is 5.69 Å². The van der Waals surface area contributed by atoms with Gasteiger partial charge in [-0.25, -0.2) is 0 Å². The first-order chi connectivity index (χ1) is 8.15. The maximum Gasteiger partial charge on any atom is 0.150 e. The number of nitrogens with zero attached hydrogens (tertiary/aromatic N) is 3. The minimum atomic E-state index is 0.868. The van der Waals surface area contributed by atoms with Gasteiger partial charge in [0.25, 0.3) is 0 Å². The molecule has 0 bridgehead atoms. The quantitative estimate of drug-likeness (QED) is 0.794. The van der Waals surface area contributed by atoms with Gasteiger partial charge in [-0.2, -0.15) is 5.10 Å². The van der Waals surface area contributed by atoms with Crippen molar-refractivity contribution in [2.24, 2.45) is 7.05 Å². The SMILES string of the molecule is CCCCN(CC)c1c(N)c(CCC)nn1C. The van der Waals surface area contributed by atoms with E-state index in [1.54, 1.807) is 0 Å². The van der Waals surface area contributed by atoms with Gasteiger partial charge in [-0.3, -0.25) is 4.68 Å². The zero-order valence-corrected chi connectivity index (χ0v) is 11.7. The van der Waals surface area contributed by atoms with Crippen LogP contribution in [-0.2, 0) is 13.5 Å². The van der Waals surface area contributed by atoms with Gasteiger partial charge in [0.2, 0.25) is 0 Å². The molecule has 17 heavy (non-hydrogen) atoms. The molecule has 0 aromatic carbocycles. The van der Waals surface area contributed by atoms with E-state index in [-0.39, 0.29) is 0 Å². The Morgan fingerprint density at radius 3 is 2.47 bits per heavy atom. The summed E-state index contributed by atoms with van der Waals surface area (Å²) in [6.45, 7) is 8.57. The van der Waals surface area contributed by atoms with Crippen LogP contribution in [0.15, 0.2) is 0 Å². The number of aromatic nitrogens is 2. The van der Waals surface area contributed by atoms with E-state index >= 15 is 0 Å². The number of nitrogen functional groups attached to an aromatic ring is 1. The Balaban J connectivity index is 2.93. The molecule has 0 spiro atoms. The molecule has 4 nitrogen and oxygen atoms in total. The highest BCUT2D eigenvalue weighted by Gasteiger charge is 2.17. The summed E-state index contributed by atoms with van der Waals surface area (Å²) in [6, 6.07) is 0. The molecule has 1 aromatic heterocycles. The molecule has 2 N–H and O–H groups in total. The lowest BCUT2D eigenvalue weighted by Gasteiger charge is -2.23. The number of hydrogen-bond acceptors (Lipinski definition) is 3. The molecule has 4 heteroatoms. The second-order valence-electron chi connectivity index (χ2n) is 4.49. The van der Waals surface area contributed by atoms with Crippen molar-refractivity contribution in [1.29, 1.82) is 0 Å². The molecule has 0 saturated heterocycles. The summed E-state index contributed by atoms with van der Waals surface area (Å²) in [5, 5.41) is 4.53. The Hall–Kier alpha value is -1.19.